The van der Waals surface area contributed by atoms with Gasteiger partial charge in [-0.15, -0.1) is 0 Å². The second-order valence-corrected chi connectivity index (χ2v) is 4.02. The molecule has 0 amide bonds. The Balaban J connectivity index is 1.79. The molecule has 2 aromatic carbocycles. The van der Waals surface area contributed by atoms with E-state index >= 15 is 0 Å². The molecule has 0 radical (unpaired) electrons. The van der Waals surface area contributed by atoms with Gasteiger partial charge in [-0.05, 0) is 36.4 Å². The Morgan fingerprint density at radius 1 is 0.833 bits per heavy atom. The van der Waals surface area contributed by atoms with E-state index in [9.17, 15) is 0 Å². The monoisotopic (exact) mass is 242 g/mol. The SMILES string of the molecule is CNc1ccc(Nc2ccc3c(c2)OCO3)cc1. The van der Waals surface area contributed by atoms with Crippen molar-refractivity contribution in [1.82, 2.24) is 0 Å². The third kappa shape index (κ3) is 2.05. The maximum atomic E-state index is 5.34. The lowest BCUT2D eigenvalue weighted by Crippen LogP contribution is -1.93. The summed E-state index contributed by atoms with van der Waals surface area (Å²) in [5, 5.41) is 6.41. The molecule has 0 aliphatic carbocycles. The lowest BCUT2D eigenvalue weighted by molar-refractivity contribution is 0.174. The third-order valence-corrected chi connectivity index (χ3v) is 2.83. The van der Waals surface area contributed by atoms with Gasteiger partial charge in [0.25, 0.3) is 0 Å². The minimum atomic E-state index is 0.301. The van der Waals surface area contributed by atoms with E-state index in [1.54, 1.807) is 0 Å². The molecule has 0 saturated carbocycles. The normalized spacial score (nSPS) is 12.3. The van der Waals surface area contributed by atoms with Crippen LogP contribution in [0, 0.1) is 0 Å². The number of anilines is 3. The Bertz CT molecular complexity index is 552. The van der Waals surface area contributed by atoms with Crippen molar-refractivity contribution in [3.05, 3.63) is 42.5 Å². The summed E-state index contributed by atoms with van der Waals surface area (Å²) >= 11 is 0. The lowest BCUT2D eigenvalue weighted by Gasteiger charge is -2.08. The number of hydrogen-bond donors (Lipinski definition) is 2. The first-order valence-corrected chi connectivity index (χ1v) is 5.79. The number of ether oxygens (including phenoxy) is 2. The summed E-state index contributed by atoms with van der Waals surface area (Å²) in [6.45, 7) is 0.301. The highest BCUT2D eigenvalue weighted by atomic mass is 16.7. The maximum Gasteiger partial charge on any atom is 0.231 e. The van der Waals surface area contributed by atoms with Crippen LogP contribution in [-0.2, 0) is 0 Å². The van der Waals surface area contributed by atoms with Gasteiger partial charge in [0.2, 0.25) is 6.79 Å². The minimum absolute atomic E-state index is 0.301. The van der Waals surface area contributed by atoms with E-state index in [2.05, 4.69) is 10.6 Å². The molecule has 3 rings (SSSR count). The van der Waals surface area contributed by atoms with E-state index in [1.165, 1.54) is 0 Å². The lowest BCUT2D eigenvalue weighted by atomic mass is 10.2. The maximum absolute atomic E-state index is 5.34. The van der Waals surface area contributed by atoms with Crippen LogP contribution in [0.4, 0.5) is 17.1 Å². The number of nitrogens with one attached hydrogen (secondary N) is 2. The van der Waals surface area contributed by atoms with Crippen molar-refractivity contribution in [2.24, 2.45) is 0 Å². The van der Waals surface area contributed by atoms with Crippen molar-refractivity contribution in [3.8, 4) is 11.5 Å². The van der Waals surface area contributed by atoms with Crippen molar-refractivity contribution < 1.29 is 9.47 Å². The Kier molecular flexibility index (Phi) is 2.68. The molecule has 2 N–H and O–H groups in total. The Morgan fingerprint density at radius 3 is 2.28 bits per heavy atom. The van der Waals surface area contributed by atoms with Crippen LogP contribution >= 0.6 is 0 Å². The van der Waals surface area contributed by atoms with Gasteiger partial charge >= 0.3 is 0 Å². The summed E-state index contributed by atoms with van der Waals surface area (Å²) in [5.41, 5.74) is 3.11. The van der Waals surface area contributed by atoms with Crippen molar-refractivity contribution >= 4 is 17.1 Å². The molecule has 0 fully saturated rings. The molecule has 1 aliphatic rings. The molecule has 1 aliphatic heterocycles. The zero-order valence-electron chi connectivity index (χ0n) is 10.1. The summed E-state index contributed by atoms with van der Waals surface area (Å²) in [6, 6.07) is 13.9. The number of benzene rings is 2. The Hall–Kier alpha value is -2.36. The summed E-state index contributed by atoms with van der Waals surface area (Å²) < 4.78 is 10.6. The molecule has 1 heterocycles. The smallest absolute Gasteiger partial charge is 0.231 e. The van der Waals surface area contributed by atoms with E-state index in [-0.39, 0.29) is 0 Å². The molecule has 2 aromatic rings. The van der Waals surface area contributed by atoms with Gasteiger partial charge in [-0.25, -0.2) is 0 Å². The van der Waals surface area contributed by atoms with Gasteiger partial charge in [-0.1, -0.05) is 0 Å². The second kappa shape index (κ2) is 4.49. The molecule has 0 saturated heterocycles. The summed E-state index contributed by atoms with van der Waals surface area (Å²) in [4.78, 5) is 0. The fraction of sp³-hybridized carbons (Fsp3) is 0.143. The molecule has 4 nitrogen and oxygen atoms in total. The van der Waals surface area contributed by atoms with Gasteiger partial charge < -0.3 is 20.1 Å². The first-order chi connectivity index (χ1) is 8.85. The third-order valence-electron chi connectivity index (χ3n) is 2.83. The molecule has 92 valence electrons. The van der Waals surface area contributed by atoms with Crippen molar-refractivity contribution in [1.29, 1.82) is 0 Å². The van der Waals surface area contributed by atoms with E-state index in [0.29, 0.717) is 6.79 Å². The quantitative estimate of drug-likeness (QED) is 0.867. The van der Waals surface area contributed by atoms with Crippen LogP contribution in [0.15, 0.2) is 42.5 Å². The molecule has 0 aromatic heterocycles. The molecular formula is C14H14N2O2. The topological polar surface area (TPSA) is 42.5 Å². The van der Waals surface area contributed by atoms with Crippen molar-refractivity contribution in [2.45, 2.75) is 0 Å². The average Bonchev–Trinajstić information content (AvgIpc) is 2.87. The van der Waals surface area contributed by atoms with Crippen LogP contribution in [0.3, 0.4) is 0 Å². The van der Waals surface area contributed by atoms with Crippen LogP contribution < -0.4 is 20.1 Å². The first kappa shape index (κ1) is 10.8. The average molecular weight is 242 g/mol. The highest BCUT2D eigenvalue weighted by molar-refractivity contribution is 5.65. The van der Waals surface area contributed by atoms with Gasteiger partial charge in [0, 0.05) is 30.2 Å². The first-order valence-electron chi connectivity index (χ1n) is 5.79. The van der Waals surface area contributed by atoms with E-state index in [1.807, 2.05) is 49.5 Å². The van der Waals surface area contributed by atoms with Crippen molar-refractivity contribution in [2.75, 3.05) is 24.5 Å². The van der Waals surface area contributed by atoms with Crippen LogP contribution in [0.5, 0.6) is 11.5 Å². The summed E-state index contributed by atoms with van der Waals surface area (Å²) in [5.74, 6) is 1.58. The standard InChI is InChI=1S/C14H14N2O2/c1-15-10-2-4-11(5-3-10)16-12-6-7-13-14(8-12)18-9-17-13/h2-8,15-16H,9H2,1H3. The molecule has 0 spiro atoms. The summed E-state index contributed by atoms with van der Waals surface area (Å²) in [7, 11) is 1.90. The van der Waals surface area contributed by atoms with E-state index < -0.39 is 0 Å². The van der Waals surface area contributed by atoms with Crippen LogP contribution in [0.1, 0.15) is 0 Å². The summed E-state index contributed by atoms with van der Waals surface area (Å²) in [6.07, 6.45) is 0. The highest BCUT2D eigenvalue weighted by Crippen LogP contribution is 2.35. The fourth-order valence-corrected chi connectivity index (χ4v) is 1.86. The van der Waals surface area contributed by atoms with Gasteiger partial charge in [-0.3, -0.25) is 0 Å². The largest absolute Gasteiger partial charge is 0.454 e. The molecule has 4 heteroatoms. The predicted molar refractivity (Wildman–Crippen MR) is 71.8 cm³/mol. The predicted octanol–water partition coefficient (Wildman–Crippen LogP) is 3.20. The van der Waals surface area contributed by atoms with Gasteiger partial charge in [0.05, 0.1) is 0 Å². The molecule has 0 unspecified atom stereocenters. The van der Waals surface area contributed by atoms with Crippen LogP contribution in [0.2, 0.25) is 0 Å². The number of rotatable bonds is 3. The minimum Gasteiger partial charge on any atom is -0.454 e. The van der Waals surface area contributed by atoms with Crippen LogP contribution in [-0.4, -0.2) is 13.8 Å². The van der Waals surface area contributed by atoms with Gasteiger partial charge in [-0.2, -0.15) is 0 Å². The van der Waals surface area contributed by atoms with E-state index in [0.717, 1.165) is 28.6 Å². The van der Waals surface area contributed by atoms with E-state index in [4.69, 9.17) is 9.47 Å². The molecular weight excluding hydrogens is 228 g/mol. The molecule has 0 bridgehead atoms. The van der Waals surface area contributed by atoms with Gasteiger partial charge in [0.15, 0.2) is 11.5 Å². The molecule has 0 atom stereocenters. The highest BCUT2D eigenvalue weighted by Gasteiger charge is 2.12. The zero-order chi connectivity index (χ0) is 12.4. The zero-order valence-corrected chi connectivity index (χ0v) is 10.1. The van der Waals surface area contributed by atoms with Gasteiger partial charge in [0.1, 0.15) is 0 Å². The number of fused-ring (bicyclic) bond motifs is 1. The second-order valence-electron chi connectivity index (χ2n) is 4.02. The van der Waals surface area contributed by atoms with Crippen molar-refractivity contribution in [3.63, 3.8) is 0 Å². The van der Waals surface area contributed by atoms with Crippen LogP contribution in [0.25, 0.3) is 0 Å². The fourth-order valence-electron chi connectivity index (χ4n) is 1.86. The molecule has 18 heavy (non-hydrogen) atoms. The Labute approximate surface area is 106 Å². The Morgan fingerprint density at radius 2 is 1.50 bits per heavy atom. The number of hydrogen-bond acceptors (Lipinski definition) is 4.